The van der Waals surface area contributed by atoms with Gasteiger partial charge in [0.25, 0.3) is 5.56 Å². The van der Waals surface area contributed by atoms with Crippen molar-refractivity contribution in [3.8, 4) is 5.69 Å². The van der Waals surface area contributed by atoms with Gasteiger partial charge in [-0.3, -0.25) is 14.0 Å². The lowest BCUT2D eigenvalue weighted by Gasteiger charge is -2.36. The van der Waals surface area contributed by atoms with Crippen molar-refractivity contribution >= 4 is 27.5 Å². The average Bonchev–Trinajstić information content (AvgIpc) is 3.15. The maximum Gasteiger partial charge on any atom is 0.265 e. The lowest BCUT2D eigenvalue weighted by atomic mass is 10.0. The van der Waals surface area contributed by atoms with Crippen molar-refractivity contribution in [2.24, 2.45) is 7.05 Å². The molecule has 5 rings (SSSR count). The van der Waals surface area contributed by atoms with E-state index in [4.69, 9.17) is 0 Å². The zero-order valence-electron chi connectivity index (χ0n) is 17.9. The van der Waals surface area contributed by atoms with Gasteiger partial charge in [0.2, 0.25) is 0 Å². The SMILES string of the molecule is CN1CCC(N(C)c2ccc3ncn(-c4cc(F)c5nn(C)cc5c4)c(=O)c3c2)CC1. The second-order valence-corrected chi connectivity index (χ2v) is 8.43. The van der Waals surface area contributed by atoms with Crippen LogP contribution in [0.25, 0.3) is 27.5 Å². The van der Waals surface area contributed by atoms with E-state index in [1.54, 1.807) is 24.0 Å². The number of anilines is 1. The van der Waals surface area contributed by atoms with Crippen LogP contribution in [0.1, 0.15) is 12.8 Å². The van der Waals surface area contributed by atoms with E-state index in [1.165, 1.54) is 17.0 Å². The number of likely N-dealkylation sites (tertiary alicyclic amines) is 1. The number of hydrogen-bond acceptors (Lipinski definition) is 5. The number of fused-ring (bicyclic) bond motifs is 2. The van der Waals surface area contributed by atoms with E-state index < -0.39 is 5.82 Å². The van der Waals surface area contributed by atoms with Gasteiger partial charge in [-0.1, -0.05) is 0 Å². The highest BCUT2D eigenvalue weighted by atomic mass is 19.1. The number of piperidine rings is 1. The van der Waals surface area contributed by atoms with Crippen LogP contribution in [0.3, 0.4) is 0 Å². The Bertz CT molecular complexity index is 1340. The van der Waals surface area contributed by atoms with Crippen molar-refractivity contribution in [2.45, 2.75) is 18.9 Å². The first-order chi connectivity index (χ1) is 14.9. The smallest absolute Gasteiger partial charge is 0.265 e. The van der Waals surface area contributed by atoms with Crippen molar-refractivity contribution < 1.29 is 4.39 Å². The highest BCUT2D eigenvalue weighted by molar-refractivity contribution is 5.83. The molecule has 8 heteroatoms. The van der Waals surface area contributed by atoms with Crippen molar-refractivity contribution in [3.05, 3.63) is 59.0 Å². The number of benzene rings is 2. The van der Waals surface area contributed by atoms with Crippen molar-refractivity contribution in [1.82, 2.24) is 24.2 Å². The second kappa shape index (κ2) is 7.46. The van der Waals surface area contributed by atoms with Crippen LogP contribution >= 0.6 is 0 Å². The summed E-state index contributed by atoms with van der Waals surface area (Å²) in [6.07, 6.45) is 5.37. The molecule has 0 amide bonds. The molecule has 0 N–H and O–H groups in total. The fraction of sp³-hybridized carbons (Fsp3) is 0.348. The summed E-state index contributed by atoms with van der Waals surface area (Å²) >= 11 is 0. The Balaban J connectivity index is 1.57. The molecule has 0 unspecified atom stereocenters. The largest absolute Gasteiger partial charge is 0.371 e. The number of aromatic nitrogens is 4. The molecule has 1 saturated heterocycles. The number of aryl methyl sites for hydroxylation is 1. The third kappa shape index (κ3) is 3.46. The first-order valence-corrected chi connectivity index (χ1v) is 10.5. The third-order valence-electron chi connectivity index (χ3n) is 6.32. The normalized spacial score (nSPS) is 15.7. The first-order valence-electron chi connectivity index (χ1n) is 10.5. The molecule has 0 radical (unpaired) electrons. The molecule has 31 heavy (non-hydrogen) atoms. The quantitative estimate of drug-likeness (QED) is 0.510. The van der Waals surface area contributed by atoms with Crippen molar-refractivity contribution in [1.29, 1.82) is 0 Å². The minimum Gasteiger partial charge on any atom is -0.371 e. The molecule has 2 aromatic carbocycles. The number of hydrogen-bond donors (Lipinski definition) is 0. The Morgan fingerprint density at radius 1 is 1.13 bits per heavy atom. The van der Waals surface area contributed by atoms with Gasteiger partial charge in [-0.15, -0.1) is 0 Å². The predicted molar refractivity (Wildman–Crippen MR) is 120 cm³/mol. The highest BCUT2D eigenvalue weighted by Gasteiger charge is 2.21. The molecule has 0 atom stereocenters. The Kier molecular flexibility index (Phi) is 4.74. The molecule has 1 aliphatic rings. The van der Waals surface area contributed by atoms with Gasteiger partial charge in [0.05, 0.1) is 16.6 Å². The summed E-state index contributed by atoms with van der Waals surface area (Å²) in [5.41, 5.74) is 2.13. The summed E-state index contributed by atoms with van der Waals surface area (Å²) in [7, 11) is 5.97. The van der Waals surface area contributed by atoms with E-state index in [0.717, 1.165) is 31.6 Å². The maximum absolute atomic E-state index is 14.6. The maximum atomic E-state index is 14.6. The lowest BCUT2D eigenvalue weighted by molar-refractivity contribution is 0.253. The minimum absolute atomic E-state index is 0.216. The van der Waals surface area contributed by atoms with E-state index in [2.05, 4.69) is 34.0 Å². The van der Waals surface area contributed by atoms with Gasteiger partial charge in [0.1, 0.15) is 11.8 Å². The topological polar surface area (TPSA) is 59.2 Å². The van der Waals surface area contributed by atoms with E-state index in [9.17, 15) is 9.18 Å². The van der Waals surface area contributed by atoms with Crippen LogP contribution in [0.4, 0.5) is 10.1 Å². The van der Waals surface area contributed by atoms with Crippen LogP contribution in [-0.4, -0.2) is 57.5 Å². The van der Waals surface area contributed by atoms with Crippen LogP contribution in [0.2, 0.25) is 0 Å². The van der Waals surface area contributed by atoms with E-state index in [-0.39, 0.29) is 11.1 Å². The summed E-state index contributed by atoms with van der Waals surface area (Å²) in [5.74, 6) is -0.462. The van der Waals surface area contributed by atoms with Gasteiger partial charge in [-0.2, -0.15) is 5.10 Å². The van der Waals surface area contributed by atoms with Gasteiger partial charge < -0.3 is 9.80 Å². The summed E-state index contributed by atoms with van der Waals surface area (Å²) in [5, 5.41) is 5.29. The van der Waals surface area contributed by atoms with E-state index in [0.29, 0.717) is 28.0 Å². The molecule has 160 valence electrons. The molecule has 0 saturated carbocycles. The standard InChI is InChI=1S/C23H25FN6O/c1-27-8-6-16(7-9-27)29(3)17-4-5-21-19(11-17)23(31)30(14-25-21)18-10-15-13-28(2)26-22(15)20(24)12-18/h4-5,10-14,16H,6-9H2,1-3H3. The average molecular weight is 420 g/mol. The molecule has 3 heterocycles. The van der Waals surface area contributed by atoms with E-state index >= 15 is 0 Å². The Hall–Kier alpha value is -3.26. The van der Waals surface area contributed by atoms with Crippen LogP contribution < -0.4 is 10.5 Å². The number of rotatable bonds is 3. The molecule has 1 aliphatic heterocycles. The predicted octanol–water partition coefficient (Wildman–Crippen LogP) is 2.94. The molecular weight excluding hydrogens is 395 g/mol. The molecular formula is C23H25FN6O. The molecule has 4 aromatic rings. The zero-order chi connectivity index (χ0) is 21.7. The lowest BCUT2D eigenvalue weighted by Crippen LogP contribution is -2.42. The fourth-order valence-electron chi connectivity index (χ4n) is 4.44. The summed E-state index contributed by atoms with van der Waals surface area (Å²) in [6.45, 7) is 2.14. The first kappa shape index (κ1) is 19.7. The van der Waals surface area contributed by atoms with Crippen molar-refractivity contribution in [2.75, 3.05) is 32.1 Å². The van der Waals surface area contributed by atoms with Crippen LogP contribution in [0.5, 0.6) is 0 Å². The van der Waals surface area contributed by atoms with Crippen LogP contribution in [0, 0.1) is 5.82 Å². The number of nitrogens with zero attached hydrogens (tertiary/aromatic N) is 6. The molecule has 2 aromatic heterocycles. The Morgan fingerprint density at radius 2 is 1.90 bits per heavy atom. The van der Waals surface area contributed by atoms with Gasteiger partial charge in [-0.05, 0) is 57.2 Å². The Morgan fingerprint density at radius 3 is 2.68 bits per heavy atom. The van der Waals surface area contributed by atoms with Crippen molar-refractivity contribution in [3.63, 3.8) is 0 Å². The highest BCUT2D eigenvalue weighted by Crippen LogP contribution is 2.25. The van der Waals surface area contributed by atoms with Crippen LogP contribution in [0.15, 0.2) is 47.7 Å². The molecule has 7 nitrogen and oxygen atoms in total. The van der Waals surface area contributed by atoms with Gasteiger partial charge in [0, 0.05) is 43.5 Å². The summed E-state index contributed by atoms with van der Waals surface area (Å²) in [6, 6.07) is 9.33. The van der Waals surface area contributed by atoms with Crippen LogP contribution in [-0.2, 0) is 7.05 Å². The second-order valence-electron chi connectivity index (χ2n) is 8.43. The molecule has 0 aliphatic carbocycles. The third-order valence-corrected chi connectivity index (χ3v) is 6.32. The molecule has 0 bridgehead atoms. The molecule has 1 fully saturated rings. The monoisotopic (exact) mass is 420 g/mol. The summed E-state index contributed by atoms with van der Waals surface area (Å²) in [4.78, 5) is 22.4. The van der Waals surface area contributed by atoms with Gasteiger partial charge in [0.15, 0.2) is 5.82 Å². The minimum atomic E-state index is -0.462. The number of halogens is 1. The van der Waals surface area contributed by atoms with E-state index in [1.807, 2.05) is 18.2 Å². The van der Waals surface area contributed by atoms with Gasteiger partial charge >= 0.3 is 0 Å². The molecule has 0 spiro atoms. The summed E-state index contributed by atoms with van der Waals surface area (Å²) < 4.78 is 17.5. The Labute approximate surface area is 179 Å². The zero-order valence-corrected chi connectivity index (χ0v) is 17.9. The van der Waals surface area contributed by atoms with Gasteiger partial charge in [-0.25, -0.2) is 9.37 Å². The fourth-order valence-corrected chi connectivity index (χ4v) is 4.44.